The molecule has 12 heteroatoms. The number of rotatable bonds is 8. The van der Waals surface area contributed by atoms with Crippen LogP contribution in [0, 0.1) is 17.7 Å². The van der Waals surface area contributed by atoms with Crippen LogP contribution in [-0.4, -0.2) is 52.1 Å². The van der Waals surface area contributed by atoms with Crippen molar-refractivity contribution >= 4 is 53.1 Å². The van der Waals surface area contributed by atoms with Crippen LogP contribution in [0.5, 0.6) is 0 Å². The number of hydrogen-bond acceptors (Lipinski definition) is 6. The van der Waals surface area contributed by atoms with Gasteiger partial charge in [0, 0.05) is 41.3 Å². The molecule has 4 aromatic carbocycles. The minimum absolute atomic E-state index is 0.243. The maximum Gasteiger partial charge on any atom is 0.208 e. The third-order valence-corrected chi connectivity index (χ3v) is 14.0. The summed E-state index contributed by atoms with van der Waals surface area (Å²) in [5, 5.41) is 8.62. The number of hydrogen-bond donors (Lipinski definition) is 2. The number of benzene rings is 4. The fourth-order valence-corrected chi connectivity index (χ4v) is 10.5. The third-order valence-electron chi connectivity index (χ3n) is 10.1. The molecule has 52 heavy (non-hydrogen) atoms. The summed E-state index contributed by atoms with van der Waals surface area (Å²) in [6, 6.07) is 26.7. The first-order valence-corrected chi connectivity index (χ1v) is 21.0. The summed E-state index contributed by atoms with van der Waals surface area (Å²) in [5.74, 6) is 0.645. The van der Waals surface area contributed by atoms with Gasteiger partial charge in [-0.05, 0) is 118 Å². The van der Waals surface area contributed by atoms with Crippen LogP contribution in [-0.2, 0) is 32.8 Å². The highest BCUT2D eigenvalue weighted by Gasteiger charge is 2.26. The molecule has 6 aromatic rings. The molecule has 0 spiro atoms. The number of nitrogens with one attached hydrogen (secondary N) is 2. The number of piperidine rings is 2. The lowest BCUT2D eigenvalue weighted by molar-refractivity contribution is 0.336. The van der Waals surface area contributed by atoms with Gasteiger partial charge in [0.15, 0.2) is 0 Å². The van der Waals surface area contributed by atoms with Crippen LogP contribution in [0.3, 0.4) is 0 Å². The predicted molar refractivity (Wildman–Crippen MR) is 204 cm³/mol. The molecule has 2 aromatic heterocycles. The van der Waals surface area contributed by atoms with Crippen molar-refractivity contribution in [3.8, 4) is 0 Å². The van der Waals surface area contributed by atoms with Crippen LogP contribution in [0.25, 0.3) is 21.8 Å². The van der Waals surface area contributed by atoms with Gasteiger partial charge in [-0.1, -0.05) is 54.1 Å². The molecule has 2 aliphatic rings. The van der Waals surface area contributed by atoms with E-state index in [1.54, 1.807) is 79.1 Å². The number of halogens is 2. The average molecular weight is 761 g/mol. The molecule has 0 atom stereocenters. The Balaban J connectivity index is 0.000000162. The Kier molecular flexibility index (Phi) is 10.9. The topological polar surface area (TPSA) is 102 Å². The van der Waals surface area contributed by atoms with Crippen LogP contribution in [0.2, 0.25) is 5.02 Å². The van der Waals surface area contributed by atoms with Crippen molar-refractivity contribution in [1.29, 1.82) is 0 Å². The van der Waals surface area contributed by atoms with E-state index >= 15 is 0 Å². The van der Waals surface area contributed by atoms with Gasteiger partial charge in [-0.3, -0.25) is 0 Å². The fraction of sp³-hybridized carbons (Fsp3) is 0.300. The van der Waals surface area contributed by atoms with Crippen molar-refractivity contribution in [3.63, 3.8) is 0 Å². The van der Waals surface area contributed by atoms with Gasteiger partial charge >= 0.3 is 0 Å². The minimum Gasteiger partial charge on any atom is -0.346 e. The lowest BCUT2D eigenvalue weighted by atomic mass is 9.98. The fourth-order valence-electron chi connectivity index (χ4n) is 7.33. The zero-order valence-corrected chi connectivity index (χ0v) is 31.1. The van der Waals surface area contributed by atoms with Gasteiger partial charge in [0.1, 0.15) is 5.82 Å². The Hall–Kier alpha value is -4.00. The summed E-state index contributed by atoms with van der Waals surface area (Å²) in [4.78, 5) is 1.16. The average Bonchev–Trinajstić information content (AvgIpc) is 3.71. The Morgan fingerprint density at radius 1 is 0.596 bits per heavy atom. The Bertz CT molecular complexity index is 2220. The van der Waals surface area contributed by atoms with Gasteiger partial charge in [-0.25, -0.2) is 21.2 Å². The molecule has 8 rings (SSSR count). The van der Waals surface area contributed by atoms with Gasteiger partial charge in [0.2, 0.25) is 19.7 Å². The van der Waals surface area contributed by atoms with Crippen molar-refractivity contribution in [3.05, 3.63) is 120 Å². The molecule has 2 aliphatic heterocycles. The Labute approximate surface area is 309 Å². The van der Waals surface area contributed by atoms with Crippen molar-refractivity contribution in [2.75, 3.05) is 26.2 Å². The van der Waals surface area contributed by atoms with E-state index in [2.05, 4.69) is 15.2 Å². The highest BCUT2D eigenvalue weighted by Crippen LogP contribution is 2.34. The molecule has 2 fully saturated rings. The van der Waals surface area contributed by atoms with E-state index < -0.39 is 19.7 Å². The SMILES string of the molecule is O=S(=O)(c1ccccc1)c1cn(CC2CCNCC2)c2cc(Cl)ccc12.O=S(=O)(c1ccccc1)c1cn(CC2CCNCC2)c2cc(F)ccc12. The number of nitrogens with zero attached hydrogens (tertiary/aromatic N) is 2. The predicted octanol–water partition coefficient (Wildman–Crippen LogP) is 7.74. The van der Waals surface area contributed by atoms with Crippen LogP contribution in [0.1, 0.15) is 25.7 Å². The molecule has 0 saturated carbocycles. The van der Waals surface area contributed by atoms with Gasteiger partial charge in [-0.2, -0.15) is 0 Å². The summed E-state index contributed by atoms with van der Waals surface area (Å²) >= 11 is 6.20. The summed E-state index contributed by atoms with van der Waals surface area (Å²) in [7, 11) is -7.23. The number of fused-ring (bicyclic) bond motifs is 2. The smallest absolute Gasteiger partial charge is 0.208 e. The van der Waals surface area contributed by atoms with E-state index in [0.29, 0.717) is 44.1 Å². The lowest BCUT2D eigenvalue weighted by Crippen LogP contribution is -2.29. The molecular formula is C40H42ClFN4O4S2. The molecule has 0 amide bonds. The first kappa shape index (κ1) is 36.4. The largest absolute Gasteiger partial charge is 0.346 e. The lowest BCUT2D eigenvalue weighted by Gasteiger charge is -2.23. The van der Waals surface area contributed by atoms with Crippen LogP contribution < -0.4 is 10.6 Å². The van der Waals surface area contributed by atoms with Crippen LogP contribution >= 0.6 is 11.6 Å². The van der Waals surface area contributed by atoms with Crippen LogP contribution in [0.4, 0.5) is 4.39 Å². The summed E-state index contributed by atoms with van der Waals surface area (Å²) in [6.45, 7) is 5.47. The van der Waals surface area contributed by atoms with Crippen molar-refractivity contribution in [1.82, 2.24) is 19.8 Å². The summed E-state index contributed by atoms with van der Waals surface area (Å²) in [6.07, 6.45) is 7.73. The molecule has 0 aliphatic carbocycles. The first-order chi connectivity index (χ1) is 25.1. The first-order valence-electron chi connectivity index (χ1n) is 17.7. The second kappa shape index (κ2) is 15.5. The molecule has 4 heterocycles. The van der Waals surface area contributed by atoms with E-state index in [0.717, 1.165) is 69.3 Å². The monoisotopic (exact) mass is 760 g/mol. The van der Waals surface area contributed by atoms with Crippen molar-refractivity contribution < 1.29 is 21.2 Å². The highest BCUT2D eigenvalue weighted by molar-refractivity contribution is 7.92. The van der Waals surface area contributed by atoms with Crippen molar-refractivity contribution in [2.24, 2.45) is 11.8 Å². The molecule has 272 valence electrons. The Morgan fingerprint density at radius 3 is 1.48 bits per heavy atom. The van der Waals surface area contributed by atoms with Gasteiger partial charge < -0.3 is 19.8 Å². The summed E-state index contributed by atoms with van der Waals surface area (Å²) < 4.78 is 70.4. The maximum atomic E-state index is 13.9. The zero-order valence-electron chi connectivity index (χ0n) is 28.7. The highest BCUT2D eigenvalue weighted by atomic mass is 35.5. The second-order valence-electron chi connectivity index (χ2n) is 13.6. The maximum absolute atomic E-state index is 13.9. The molecule has 8 nitrogen and oxygen atoms in total. The quantitative estimate of drug-likeness (QED) is 0.165. The molecular weight excluding hydrogens is 719 g/mol. The normalized spacial score (nSPS) is 16.2. The molecule has 0 radical (unpaired) electrons. The van der Waals surface area contributed by atoms with Crippen molar-refractivity contribution in [2.45, 2.75) is 58.4 Å². The number of sulfone groups is 2. The molecule has 2 saturated heterocycles. The van der Waals surface area contributed by atoms with E-state index in [-0.39, 0.29) is 15.6 Å². The van der Waals surface area contributed by atoms with Crippen LogP contribution in [0.15, 0.2) is 129 Å². The standard InChI is InChI=1S/C20H21ClN2O2S.C20H21FN2O2S/c2*21-16-6-7-18-19(12-16)23(13-15-8-10-22-11-9-15)14-20(18)26(24,25)17-4-2-1-3-5-17/h2*1-7,12,14-15,22H,8-11,13H2. The molecule has 0 unspecified atom stereocenters. The van der Waals surface area contributed by atoms with Gasteiger partial charge in [-0.15, -0.1) is 0 Å². The second-order valence-corrected chi connectivity index (χ2v) is 17.9. The number of aromatic nitrogens is 2. The van der Waals surface area contributed by atoms with Gasteiger partial charge in [0.05, 0.1) is 30.6 Å². The van der Waals surface area contributed by atoms with E-state index in [4.69, 9.17) is 11.6 Å². The minimum atomic E-state index is -3.65. The van der Waals surface area contributed by atoms with E-state index in [1.165, 1.54) is 12.1 Å². The Morgan fingerprint density at radius 2 is 1.02 bits per heavy atom. The third kappa shape index (κ3) is 7.70. The molecule has 2 N–H and O–H groups in total. The molecule has 0 bridgehead atoms. The van der Waals surface area contributed by atoms with Gasteiger partial charge in [0.25, 0.3) is 0 Å². The zero-order chi connectivity index (χ0) is 36.3. The van der Waals surface area contributed by atoms with E-state index in [1.807, 2.05) is 22.8 Å². The van der Waals surface area contributed by atoms with E-state index in [9.17, 15) is 21.2 Å². The summed E-state index contributed by atoms with van der Waals surface area (Å²) in [5.41, 5.74) is 1.52.